The topological polar surface area (TPSA) is 120 Å². The molecule has 25 heavy (non-hydrogen) atoms. The van der Waals surface area contributed by atoms with Crippen LogP contribution in [0.1, 0.15) is 16.3 Å². The van der Waals surface area contributed by atoms with Crippen LogP contribution in [0.2, 0.25) is 0 Å². The Morgan fingerprint density at radius 3 is 2.12 bits per heavy atom. The largest absolute Gasteiger partial charge is 0.508 e. The van der Waals surface area contributed by atoms with Gasteiger partial charge in [0.1, 0.15) is 26.4 Å². The summed E-state index contributed by atoms with van der Waals surface area (Å²) in [7, 11) is 0. The van der Waals surface area contributed by atoms with E-state index in [1.54, 1.807) is 0 Å². The maximum Gasteiger partial charge on any atom is 0.508 e. The number of carbonyl (C=O) groups excluding carboxylic acids is 3. The molecule has 2 aliphatic heterocycles. The van der Waals surface area contributed by atoms with Gasteiger partial charge in [-0.25, -0.2) is 14.4 Å². The maximum absolute atomic E-state index is 11.9. The molecule has 2 unspecified atom stereocenters. The fraction of sp³-hybridized carbons (Fsp3) is 0.400. The van der Waals surface area contributed by atoms with Crippen LogP contribution in [0.4, 0.5) is 9.59 Å². The molecular weight excluding hydrogens is 340 g/mol. The lowest BCUT2D eigenvalue weighted by molar-refractivity contribution is 0.0268. The van der Waals surface area contributed by atoms with Crippen LogP contribution in [0.5, 0.6) is 0 Å². The van der Waals surface area contributed by atoms with E-state index in [1.165, 1.54) is 12.1 Å². The molecule has 134 valence electrons. The molecule has 0 spiro atoms. The Bertz CT molecular complexity index is 634. The molecule has 2 aliphatic rings. The van der Waals surface area contributed by atoms with Crippen molar-refractivity contribution in [3.05, 3.63) is 30.2 Å². The van der Waals surface area contributed by atoms with Gasteiger partial charge in [-0.05, 0) is 12.1 Å². The van der Waals surface area contributed by atoms with E-state index >= 15 is 0 Å². The van der Waals surface area contributed by atoms with Crippen LogP contribution in [0.3, 0.4) is 0 Å². The van der Waals surface area contributed by atoms with Gasteiger partial charge in [-0.15, -0.1) is 0 Å². The zero-order chi connectivity index (χ0) is 17.8. The first-order valence-corrected chi connectivity index (χ1v) is 7.27. The van der Waals surface area contributed by atoms with Crippen molar-refractivity contribution in [2.75, 3.05) is 26.4 Å². The van der Waals surface area contributed by atoms with E-state index in [0.29, 0.717) is 0 Å². The summed E-state index contributed by atoms with van der Waals surface area (Å²) in [5.74, 6) is -0.436. The van der Waals surface area contributed by atoms with Gasteiger partial charge >= 0.3 is 18.3 Å². The third-order valence-corrected chi connectivity index (χ3v) is 3.23. The zero-order valence-electron chi connectivity index (χ0n) is 12.9. The second kappa shape index (κ2) is 7.16. The van der Waals surface area contributed by atoms with Crippen LogP contribution in [0, 0.1) is 0 Å². The van der Waals surface area contributed by atoms with Crippen LogP contribution < -0.4 is 0 Å². The molecule has 0 saturated carbocycles. The average molecular weight is 354 g/mol. The smallest absolute Gasteiger partial charge is 0.486 e. The molecular formula is C15H14O10. The number of furan rings is 1. The van der Waals surface area contributed by atoms with Crippen LogP contribution in [0.15, 0.2) is 23.1 Å². The van der Waals surface area contributed by atoms with Crippen molar-refractivity contribution < 1.29 is 47.2 Å². The quantitative estimate of drug-likeness (QED) is 0.404. The summed E-state index contributed by atoms with van der Waals surface area (Å²) in [6.45, 7) is 3.68. The van der Waals surface area contributed by atoms with Gasteiger partial charge in [0.25, 0.3) is 0 Å². The molecule has 2 atom stereocenters. The van der Waals surface area contributed by atoms with Gasteiger partial charge in [0.15, 0.2) is 23.7 Å². The van der Waals surface area contributed by atoms with E-state index in [4.69, 9.17) is 23.4 Å². The molecule has 10 nitrogen and oxygen atoms in total. The van der Waals surface area contributed by atoms with Crippen LogP contribution in [-0.4, -0.2) is 56.9 Å². The Morgan fingerprint density at radius 2 is 1.56 bits per heavy atom. The highest BCUT2D eigenvalue weighted by molar-refractivity contribution is 5.86. The maximum atomic E-state index is 11.9. The summed E-state index contributed by atoms with van der Waals surface area (Å²) in [6, 6.07) is 2.87. The van der Waals surface area contributed by atoms with Gasteiger partial charge in [-0.2, -0.15) is 0 Å². The zero-order valence-corrected chi connectivity index (χ0v) is 12.9. The molecule has 0 amide bonds. The third-order valence-electron chi connectivity index (χ3n) is 3.23. The summed E-state index contributed by atoms with van der Waals surface area (Å²) in [4.78, 5) is 33.4. The highest BCUT2D eigenvalue weighted by atomic mass is 16.8. The molecule has 1 aromatic rings. The van der Waals surface area contributed by atoms with Crippen molar-refractivity contribution >= 4 is 24.0 Å². The van der Waals surface area contributed by atoms with Crippen LogP contribution >= 0.6 is 0 Å². The van der Waals surface area contributed by atoms with Gasteiger partial charge in [0.05, 0.1) is 0 Å². The van der Waals surface area contributed by atoms with Crippen molar-refractivity contribution in [1.29, 1.82) is 0 Å². The van der Waals surface area contributed by atoms with Crippen LogP contribution in [-0.2, 0) is 28.4 Å². The minimum Gasteiger partial charge on any atom is -0.486 e. The Morgan fingerprint density at radius 1 is 1.00 bits per heavy atom. The number of cyclic esters (lactones) is 4. The highest BCUT2D eigenvalue weighted by Crippen LogP contribution is 2.20. The highest BCUT2D eigenvalue weighted by Gasteiger charge is 2.28. The van der Waals surface area contributed by atoms with Gasteiger partial charge in [0.2, 0.25) is 5.76 Å². The number of esters is 1. The van der Waals surface area contributed by atoms with Gasteiger partial charge in [-0.3, -0.25) is 0 Å². The number of ether oxygens (including phenoxy) is 6. The number of hydrogen-bond acceptors (Lipinski definition) is 10. The molecule has 2 saturated heterocycles. The van der Waals surface area contributed by atoms with E-state index in [0.717, 1.165) is 0 Å². The molecule has 0 bridgehead atoms. The predicted octanol–water partition coefficient (Wildman–Crippen LogP) is 1.49. The van der Waals surface area contributed by atoms with E-state index in [9.17, 15) is 14.4 Å². The summed E-state index contributed by atoms with van der Waals surface area (Å²) in [5, 5.41) is 0. The second-order valence-corrected chi connectivity index (χ2v) is 5.10. The van der Waals surface area contributed by atoms with Crippen molar-refractivity contribution in [2.24, 2.45) is 0 Å². The molecule has 10 heteroatoms. The molecule has 1 aromatic heterocycles. The van der Waals surface area contributed by atoms with E-state index < -0.39 is 30.5 Å². The fourth-order valence-electron chi connectivity index (χ4n) is 2.00. The Balaban J connectivity index is 1.45. The Labute approximate surface area is 141 Å². The first-order chi connectivity index (χ1) is 12.0. The number of hydrogen-bond donors (Lipinski definition) is 0. The van der Waals surface area contributed by atoms with Crippen LogP contribution in [0.25, 0.3) is 5.76 Å². The number of carbonyl (C=O) groups is 3. The lowest BCUT2D eigenvalue weighted by Crippen LogP contribution is -2.20. The Kier molecular flexibility index (Phi) is 4.78. The van der Waals surface area contributed by atoms with Crippen molar-refractivity contribution in [2.45, 2.75) is 12.2 Å². The first kappa shape index (κ1) is 16.7. The van der Waals surface area contributed by atoms with E-state index in [2.05, 4.69) is 16.1 Å². The minimum absolute atomic E-state index is 0.0234. The average Bonchev–Trinajstić information content (AvgIpc) is 3.31. The lowest BCUT2D eigenvalue weighted by Gasteiger charge is -2.09. The minimum atomic E-state index is -0.798. The molecule has 3 heterocycles. The predicted molar refractivity (Wildman–Crippen MR) is 76.4 cm³/mol. The summed E-state index contributed by atoms with van der Waals surface area (Å²) in [6.07, 6.45) is -2.71. The van der Waals surface area contributed by atoms with Gasteiger partial charge < -0.3 is 32.8 Å². The van der Waals surface area contributed by atoms with E-state index in [1.807, 2.05) is 0 Å². The molecule has 0 N–H and O–H groups in total. The Hall–Kier alpha value is -3.17. The third kappa shape index (κ3) is 4.22. The molecule has 2 fully saturated rings. The van der Waals surface area contributed by atoms with Crippen molar-refractivity contribution in [3.8, 4) is 0 Å². The lowest BCUT2D eigenvalue weighted by atomic mass is 10.3. The molecule has 0 radical (unpaired) electrons. The molecule has 0 aliphatic carbocycles. The standard InChI is InChI=1S/C15H14O10/c1-8(19-4-9-6-21-14(17)23-9)11-2-3-12(25-11)13(16)20-5-10-7-22-15(18)24-10/h2-3,9-10H,1,4-7H2. The first-order valence-electron chi connectivity index (χ1n) is 7.27. The van der Waals surface area contributed by atoms with Crippen molar-refractivity contribution in [1.82, 2.24) is 0 Å². The normalized spacial score (nSPS) is 21.8. The molecule has 3 rings (SSSR count). The van der Waals surface area contributed by atoms with E-state index in [-0.39, 0.29) is 43.7 Å². The van der Waals surface area contributed by atoms with Gasteiger partial charge in [-0.1, -0.05) is 6.58 Å². The summed E-state index contributed by atoms with van der Waals surface area (Å²) < 4.78 is 34.3. The summed E-state index contributed by atoms with van der Waals surface area (Å²) in [5.41, 5.74) is 0. The monoisotopic (exact) mass is 354 g/mol. The summed E-state index contributed by atoms with van der Waals surface area (Å²) >= 11 is 0. The second-order valence-electron chi connectivity index (χ2n) is 5.10. The van der Waals surface area contributed by atoms with Crippen molar-refractivity contribution in [3.63, 3.8) is 0 Å². The SMILES string of the molecule is C=C(OCC1COC(=O)O1)c1ccc(C(=O)OCC2COC(=O)O2)o1. The number of rotatable bonds is 7. The molecule has 0 aromatic carbocycles. The fourth-order valence-corrected chi connectivity index (χ4v) is 2.00. The van der Waals surface area contributed by atoms with Gasteiger partial charge in [0, 0.05) is 0 Å².